The molecule has 0 radical (unpaired) electrons. The van der Waals surface area contributed by atoms with Crippen molar-refractivity contribution in [3.63, 3.8) is 0 Å². The van der Waals surface area contributed by atoms with Crippen molar-refractivity contribution in [3.05, 3.63) is 45.8 Å². The molecule has 9 heteroatoms. The van der Waals surface area contributed by atoms with Crippen molar-refractivity contribution in [2.24, 2.45) is 5.92 Å². The number of hydrogen-bond acceptors (Lipinski definition) is 8. The molecule has 150 valence electrons. The predicted octanol–water partition coefficient (Wildman–Crippen LogP) is 0.738. The Hall–Kier alpha value is -1.58. The van der Waals surface area contributed by atoms with Gasteiger partial charge in [-0.15, -0.1) is 0 Å². The molecule has 6 nitrogen and oxygen atoms in total. The second-order valence-corrected chi connectivity index (χ2v) is 8.95. The zero-order valence-corrected chi connectivity index (χ0v) is 20.4. The number of aliphatic carboxylic acids is 1. The molecule has 1 aliphatic carbocycles. The van der Waals surface area contributed by atoms with E-state index >= 15 is 0 Å². The molecule has 0 amide bonds. The number of carboxylic acids is 1. The summed E-state index contributed by atoms with van der Waals surface area (Å²) >= 11 is 2.03. The van der Waals surface area contributed by atoms with E-state index in [1.807, 2.05) is 0 Å². The van der Waals surface area contributed by atoms with Crippen molar-refractivity contribution in [2.45, 2.75) is 39.0 Å². The molecule has 0 spiro atoms. The molecule has 1 saturated carbocycles. The van der Waals surface area contributed by atoms with Gasteiger partial charge in [-0.05, 0) is 43.0 Å². The molecule has 4 rings (SSSR count). The number of aromatic hydroxyl groups is 1. The van der Waals surface area contributed by atoms with Crippen LogP contribution in [0.3, 0.4) is 0 Å². The zero-order chi connectivity index (χ0) is 20.5. The number of allylic oxidation sites excluding steroid dienone is 1. The first kappa shape index (κ1) is 23.1. The van der Waals surface area contributed by atoms with Crippen molar-refractivity contribution in [1.29, 1.82) is 0 Å². The molecule has 0 unspecified atom stereocenters. The number of nitrogens with zero attached hydrogens (tertiary/aromatic N) is 2. The standard InChI is InChI=1S/C21H20N2O4S2.Na/c1-11-8-17(28-21(11)27)19(24)14(9-12-4-2-3-5-12)18(20(25)26)13-6-7-15-16(10-13)23-29-22-15;/h6-8,10,12,27H,2-5,9H2,1H3,(H,25,26);/q;+1/p-1. The van der Waals surface area contributed by atoms with Crippen molar-refractivity contribution in [2.75, 3.05) is 0 Å². The van der Waals surface area contributed by atoms with E-state index in [0.29, 0.717) is 33.5 Å². The fraction of sp³-hybridized carbons (Fsp3) is 0.333. The molecule has 0 saturated heterocycles. The van der Waals surface area contributed by atoms with E-state index in [9.17, 15) is 19.8 Å². The predicted molar refractivity (Wildman–Crippen MR) is 111 cm³/mol. The van der Waals surface area contributed by atoms with Crippen LogP contribution in [0.5, 0.6) is 5.06 Å². The fourth-order valence-electron chi connectivity index (χ4n) is 3.90. The maximum Gasteiger partial charge on any atom is 1.00 e. The molecule has 0 bridgehead atoms. The van der Waals surface area contributed by atoms with E-state index in [1.165, 1.54) is 0 Å². The third kappa shape index (κ3) is 4.68. The monoisotopic (exact) mass is 450 g/mol. The normalized spacial score (nSPS) is 15.1. The summed E-state index contributed by atoms with van der Waals surface area (Å²) in [5.74, 6) is -1.48. The van der Waals surface area contributed by atoms with Gasteiger partial charge >= 0.3 is 29.6 Å². The van der Waals surface area contributed by atoms with Crippen LogP contribution in [0.15, 0.2) is 29.8 Å². The van der Waals surface area contributed by atoms with Gasteiger partial charge in [0.1, 0.15) is 11.0 Å². The Labute approximate surface area is 204 Å². The van der Waals surface area contributed by atoms with E-state index in [4.69, 9.17) is 0 Å². The maximum atomic E-state index is 13.4. The number of ketones is 1. The van der Waals surface area contributed by atoms with E-state index < -0.39 is 5.97 Å². The van der Waals surface area contributed by atoms with Gasteiger partial charge in [0, 0.05) is 16.7 Å². The summed E-state index contributed by atoms with van der Waals surface area (Å²) in [7, 11) is 0. The Kier molecular flexibility index (Phi) is 7.47. The molecular formula is C21H19N2NaO4S2. The van der Waals surface area contributed by atoms with Gasteiger partial charge in [-0.1, -0.05) is 43.1 Å². The number of fused-ring (bicyclic) bond motifs is 1. The summed E-state index contributed by atoms with van der Waals surface area (Å²) in [5.41, 5.74) is 2.40. The molecule has 1 aliphatic rings. The van der Waals surface area contributed by atoms with Gasteiger partial charge in [-0.3, -0.25) is 4.79 Å². The number of hydrogen-bond donors (Lipinski definition) is 1. The topological polar surface area (TPSA) is 103 Å². The number of aromatic nitrogens is 2. The summed E-state index contributed by atoms with van der Waals surface area (Å²) in [5, 5.41) is 22.2. The van der Waals surface area contributed by atoms with Gasteiger partial charge in [-0.2, -0.15) is 8.75 Å². The number of carbonyl (C=O) groups excluding carboxylic acids is 2. The SMILES string of the molecule is Cc1cc(C(=O)C(CC2CCCC2)=C(C(=O)[O-])c2ccc3nsnc3c2)sc1O.[Na+]. The number of thiophene rings is 1. The Morgan fingerprint density at radius 3 is 2.50 bits per heavy atom. The van der Waals surface area contributed by atoms with E-state index in [0.717, 1.165) is 48.7 Å². The Morgan fingerprint density at radius 2 is 1.87 bits per heavy atom. The molecule has 1 fully saturated rings. The summed E-state index contributed by atoms with van der Waals surface area (Å²) in [6.45, 7) is 1.71. The summed E-state index contributed by atoms with van der Waals surface area (Å²) < 4.78 is 8.33. The van der Waals surface area contributed by atoms with Crippen LogP contribution in [0.25, 0.3) is 16.6 Å². The van der Waals surface area contributed by atoms with Crippen molar-refractivity contribution >= 4 is 51.4 Å². The van der Waals surface area contributed by atoms with Gasteiger partial charge in [0.2, 0.25) is 0 Å². The molecule has 1 N–H and O–H groups in total. The van der Waals surface area contributed by atoms with Gasteiger partial charge in [0.05, 0.1) is 22.6 Å². The number of benzene rings is 1. The van der Waals surface area contributed by atoms with Crippen LogP contribution in [0.1, 0.15) is 52.9 Å². The number of carbonyl (C=O) groups is 2. The van der Waals surface area contributed by atoms with E-state index in [2.05, 4.69) is 8.75 Å². The van der Waals surface area contributed by atoms with Crippen LogP contribution in [-0.2, 0) is 4.79 Å². The van der Waals surface area contributed by atoms with Crippen LogP contribution in [0, 0.1) is 12.8 Å². The van der Waals surface area contributed by atoms with Crippen LogP contribution < -0.4 is 34.7 Å². The molecule has 3 aromatic rings. The molecule has 2 heterocycles. The van der Waals surface area contributed by atoms with E-state index in [1.54, 1.807) is 31.2 Å². The average Bonchev–Trinajstić information content (AvgIpc) is 3.42. The Balaban J connectivity index is 0.00000256. The van der Waals surface area contributed by atoms with E-state index in [-0.39, 0.29) is 57.5 Å². The molecule has 0 aliphatic heterocycles. The second kappa shape index (κ2) is 9.70. The van der Waals surface area contributed by atoms with Crippen molar-refractivity contribution in [3.8, 4) is 5.06 Å². The summed E-state index contributed by atoms with van der Waals surface area (Å²) in [6, 6.07) is 6.60. The average molecular weight is 451 g/mol. The first-order valence-corrected chi connectivity index (χ1v) is 11.0. The largest absolute Gasteiger partial charge is 1.00 e. The molecule has 0 atom stereocenters. The van der Waals surface area contributed by atoms with Crippen LogP contribution in [-0.4, -0.2) is 25.6 Å². The van der Waals surface area contributed by atoms with Gasteiger partial charge < -0.3 is 15.0 Å². The molecule has 1 aromatic carbocycles. The minimum Gasteiger partial charge on any atom is -0.545 e. The molecule has 30 heavy (non-hydrogen) atoms. The van der Waals surface area contributed by atoms with Crippen LogP contribution in [0.4, 0.5) is 0 Å². The number of Topliss-reactive ketones (excluding diaryl/α,β-unsaturated/α-hetero) is 1. The molecule has 2 aromatic heterocycles. The number of rotatable bonds is 6. The van der Waals surface area contributed by atoms with Crippen molar-refractivity contribution < 1.29 is 49.4 Å². The van der Waals surface area contributed by atoms with Gasteiger partial charge in [0.15, 0.2) is 10.8 Å². The molecular weight excluding hydrogens is 431 g/mol. The quantitative estimate of drug-likeness (QED) is 0.338. The van der Waals surface area contributed by atoms with Gasteiger partial charge in [-0.25, -0.2) is 0 Å². The fourth-order valence-corrected chi connectivity index (χ4v) is 5.29. The minimum atomic E-state index is -1.38. The van der Waals surface area contributed by atoms with Crippen molar-refractivity contribution in [1.82, 2.24) is 8.75 Å². The van der Waals surface area contributed by atoms with Crippen LogP contribution >= 0.6 is 23.1 Å². The third-order valence-corrected chi connectivity index (χ3v) is 7.00. The maximum absolute atomic E-state index is 13.4. The Bertz CT molecular complexity index is 1110. The Morgan fingerprint density at radius 1 is 1.17 bits per heavy atom. The number of aryl methyl sites for hydroxylation is 1. The third-order valence-electron chi connectivity index (χ3n) is 5.41. The first-order valence-electron chi connectivity index (χ1n) is 9.45. The summed E-state index contributed by atoms with van der Waals surface area (Å²) in [4.78, 5) is 25.9. The minimum absolute atomic E-state index is 0. The first-order chi connectivity index (χ1) is 13.9. The summed E-state index contributed by atoms with van der Waals surface area (Å²) in [6.07, 6.45) is 4.50. The second-order valence-electron chi connectivity index (χ2n) is 7.39. The van der Waals surface area contributed by atoms with Gasteiger partial charge in [0.25, 0.3) is 0 Å². The zero-order valence-electron chi connectivity index (χ0n) is 16.8. The smallest absolute Gasteiger partial charge is 0.545 e. The van der Waals surface area contributed by atoms with Crippen LogP contribution in [0.2, 0.25) is 0 Å². The number of carboxylic acid groups (broad SMARTS) is 1.